The molecule has 5 heterocycles. The van der Waals surface area contributed by atoms with Crippen molar-refractivity contribution in [3.05, 3.63) is 45.0 Å². The number of ether oxygens (including phenoxy) is 2. The molecule has 260 valence electrons. The van der Waals surface area contributed by atoms with Crippen LogP contribution in [-0.2, 0) is 22.7 Å². The van der Waals surface area contributed by atoms with Crippen molar-refractivity contribution in [2.24, 2.45) is 4.99 Å². The van der Waals surface area contributed by atoms with E-state index in [1.807, 2.05) is 20.8 Å². The average Bonchev–Trinajstić information content (AvgIpc) is 3.65. The van der Waals surface area contributed by atoms with Gasteiger partial charge in [0.25, 0.3) is 0 Å². The van der Waals surface area contributed by atoms with E-state index in [4.69, 9.17) is 14.5 Å². The highest BCUT2D eigenvalue weighted by molar-refractivity contribution is 7.23. The van der Waals surface area contributed by atoms with Crippen molar-refractivity contribution in [3.8, 4) is 17.3 Å². The Kier molecular flexibility index (Phi) is 9.79. The molecule has 0 radical (unpaired) electrons. The zero-order chi connectivity index (χ0) is 35.2. The number of thiophene rings is 1. The highest BCUT2D eigenvalue weighted by Crippen LogP contribution is 2.43. The number of amidine groups is 1. The number of nitriles is 1. The van der Waals surface area contributed by atoms with E-state index in [0.29, 0.717) is 28.5 Å². The second kappa shape index (κ2) is 13.7. The van der Waals surface area contributed by atoms with Crippen LogP contribution in [0.15, 0.2) is 11.2 Å². The Labute approximate surface area is 288 Å². The summed E-state index contributed by atoms with van der Waals surface area (Å²) in [7, 11) is 0. The fourth-order valence-corrected chi connectivity index (χ4v) is 7.73. The van der Waals surface area contributed by atoms with E-state index in [-0.39, 0.29) is 51.2 Å². The lowest BCUT2D eigenvalue weighted by molar-refractivity contribution is 0.0199. The van der Waals surface area contributed by atoms with Gasteiger partial charge in [0.05, 0.1) is 41.5 Å². The van der Waals surface area contributed by atoms with E-state index in [1.165, 1.54) is 0 Å². The molecule has 3 aromatic rings. The fraction of sp³-hybridized carbons (Fsp3) is 0.500. The first-order valence-corrected chi connectivity index (χ1v) is 17.5. The minimum Gasteiger partial charge on any atom is -0.444 e. The minimum absolute atomic E-state index is 0.0258. The van der Waals surface area contributed by atoms with Crippen LogP contribution in [0.25, 0.3) is 33.1 Å². The summed E-state index contributed by atoms with van der Waals surface area (Å²) in [6.07, 6.45) is 3.90. The Balaban J connectivity index is 1.44. The Morgan fingerprint density at radius 1 is 1.24 bits per heavy atom. The average molecular weight is 693 g/mol. The standard InChI is InChI=1S/C36H42F2N6O4S/c1-7-19(2)28-24(13-40-20(3)44-15-21(16-44)43-10-8-22(45)9-11-43)25-17-47-18-26(25)29(31(28)38)32-30-23(12-39)34(42-35(46)48-36(4,5)6)49-33(30)27(37)14-41-32/h13-14,21-22,45H,7-11,15-18H2,1-6H3,(H,42,46)/b24-13-,28-19?,40-20?. The van der Waals surface area contributed by atoms with Crippen molar-refractivity contribution in [2.45, 2.75) is 91.8 Å². The molecule has 2 saturated heterocycles. The number of amides is 1. The molecule has 0 unspecified atom stereocenters. The number of fused-ring (bicyclic) bond motifs is 2. The number of rotatable bonds is 5. The van der Waals surface area contributed by atoms with E-state index in [2.05, 4.69) is 26.2 Å². The van der Waals surface area contributed by atoms with Crippen LogP contribution >= 0.6 is 11.3 Å². The number of hydrogen-bond donors (Lipinski definition) is 2. The van der Waals surface area contributed by atoms with Gasteiger partial charge in [0.1, 0.15) is 28.3 Å². The molecule has 49 heavy (non-hydrogen) atoms. The van der Waals surface area contributed by atoms with Crippen molar-refractivity contribution in [2.75, 3.05) is 31.5 Å². The number of benzene rings is 1. The molecule has 0 atom stereocenters. The highest BCUT2D eigenvalue weighted by Gasteiger charge is 2.34. The number of likely N-dealkylation sites (tertiary alicyclic amines) is 2. The van der Waals surface area contributed by atoms with Gasteiger partial charge in [-0.1, -0.05) is 12.5 Å². The van der Waals surface area contributed by atoms with Crippen LogP contribution in [0, 0.1) is 23.0 Å². The molecule has 6 rings (SSSR count). The third-order valence-corrected chi connectivity index (χ3v) is 10.6. The SMILES string of the molecule is CCC(C)=c1c(F)c(-c2ncc(F)c3sc(NC(=O)OC(C)(C)C)c(C#N)c23)c2c(/c1=C/N=C(C)N1CC(N3CCC(O)CC3)C1)COC2. The number of hydrogen-bond acceptors (Lipinski definition) is 9. The van der Waals surface area contributed by atoms with E-state index >= 15 is 8.78 Å². The summed E-state index contributed by atoms with van der Waals surface area (Å²) in [6, 6.07) is 2.51. The molecule has 0 bridgehead atoms. The summed E-state index contributed by atoms with van der Waals surface area (Å²) < 4.78 is 43.7. The van der Waals surface area contributed by atoms with Crippen molar-refractivity contribution in [1.29, 1.82) is 5.26 Å². The number of pyridine rings is 1. The van der Waals surface area contributed by atoms with Crippen molar-refractivity contribution >= 4 is 50.1 Å². The number of nitrogens with one attached hydrogen (secondary N) is 1. The molecule has 0 saturated carbocycles. The monoisotopic (exact) mass is 692 g/mol. The molecule has 2 N–H and O–H groups in total. The number of nitrogens with zero attached hydrogens (tertiary/aromatic N) is 5. The smallest absolute Gasteiger partial charge is 0.412 e. The fourth-order valence-electron chi connectivity index (χ4n) is 6.69. The van der Waals surface area contributed by atoms with Gasteiger partial charge in [-0.3, -0.25) is 15.2 Å². The number of aliphatic hydroxyl groups is 1. The molecule has 1 aromatic carbocycles. The highest BCUT2D eigenvalue weighted by atomic mass is 32.1. The van der Waals surface area contributed by atoms with Gasteiger partial charge < -0.3 is 19.5 Å². The lowest BCUT2D eigenvalue weighted by Gasteiger charge is -2.48. The molecule has 3 aliphatic rings. The molecule has 0 aliphatic carbocycles. The molecule has 13 heteroatoms. The minimum atomic E-state index is -0.795. The number of carbonyl (C=O) groups excluding carboxylic acids is 1. The van der Waals surface area contributed by atoms with Gasteiger partial charge in [0.2, 0.25) is 0 Å². The maximum absolute atomic E-state index is 17.1. The van der Waals surface area contributed by atoms with Gasteiger partial charge in [0, 0.05) is 59.8 Å². The second-order valence-electron chi connectivity index (χ2n) is 13.9. The lowest BCUT2D eigenvalue weighted by Crippen LogP contribution is -2.62. The van der Waals surface area contributed by atoms with Crippen LogP contribution in [0.5, 0.6) is 0 Å². The predicted molar refractivity (Wildman–Crippen MR) is 186 cm³/mol. The third kappa shape index (κ3) is 6.79. The molecule has 2 fully saturated rings. The van der Waals surface area contributed by atoms with E-state index in [0.717, 1.165) is 73.5 Å². The number of aliphatic hydroxyl groups excluding tert-OH is 1. The van der Waals surface area contributed by atoms with Gasteiger partial charge in [-0.25, -0.2) is 18.6 Å². The van der Waals surface area contributed by atoms with Crippen molar-refractivity contribution in [3.63, 3.8) is 0 Å². The Morgan fingerprint density at radius 2 is 1.94 bits per heavy atom. The number of anilines is 1. The topological polar surface area (TPSA) is 123 Å². The summed E-state index contributed by atoms with van der Waals surface area (Å²) in [5, 5.41) is 23.9. The maximum Gasteiger partial charge on any atom is 0.412 e. The molecule has 2 aromatic heterocycles. The quantitative estimate of drug-likeness (QED) is 0.271. The van der Waals surface area contributed by atoms with Gasteiger partial charge >= 0.3 is 6.09 Å². The molecular formula is C36H42F2N6O4S. The summed E-state index contributed by atoms with van der Waals surface area (Å²) in [4.78, 5) is 26.4. The first-order valence-electron chi connectivity index (χ1n) is 16.6. The second-order valence-corrected chi connectivity index (χ2v) is 14.9. The summed E-state index contributed by atoms with van der Waals surface area (Å²) in [5.74, 6) is -0.409. The Bertz CT molecular complexity index is 2000. The van der Waals surface area contributed by atoms with Gasteiger partial charge in [-0.15, -0.1) is 11.3 Å². The van der Waals surface area contributed by atoms with Crippen LogP contribution in [0.1, 0.15) is 77.5 Å². The largest absolute Gasteiger partial charge is 0.444 e. The Morgan fingerprint density at radius 3 is 2.59 bits per heavy atom. The normalized spacial score (nSPS) is 18.8. The molecule has 10 nitrogen and oxygen atoms in total. The zero-order valence-corrected chi connectivity index (χ0v) is 29.6. The summed E-state index contributed by atoms with van der Waals surface area (Å²) in [5.41, 5.74) is 1.56. The number of halogens is 2. The first kappa shape index (κ1) is 34.9. The number of carbonyl (C=O) groups is 1. The van der Waals surface area contributed by atoms with Gasteiger partial charge in [0.15, 0.2) is 5.82 Å². The van der Waals surface area contributed by atoms with Crippen LogP contribution in [-0.4, -0.2) is 75.7 Å². The summed E-state index contributed by atoms with van der Waals surface area (Å²) >= 11 is 0.875. The van der Waals surface area contributed by atoms with Crippen molar-refractivity contribution < 1.29 is 28.2 Å². The van der Waals surface area contributed by atoms with Crippen LogP contribution in [0.3, 0.4) is 0 Å². The maximum atomic E-state index is 17.1. The third-order valence-electron chi connectivity index (χ3n) is 9.50. The van der Waals surface area contributed by atoms with Crippen LogP contribution in [0.2, 0.25) is 0 Å². The predicted octanol–water partition coefficient (Wildman–Crippen LogP) is 5.37. The van der Waals surface area contributed by atoms with Crippen LogP contribution in [0.4, 0.5) is 18.6 Å². The Hall–Kier alpha value is -3.96. The zero-order valence-electron chi connectivity index (χ0n) is 28.7. The van der Waals surface area contributed by atoms with E-state index in [9.17, 15) is 15.2 Å². The molecular weight excluding hydrogens is 650 g/mol. The number of aromatic nitrogens is 1. The van der Waals surface area contributed by atoms with E-state index in [1.54, 1.807) is 27.0 Å². The number of aliphatic imine (C=N–C) groups is 1. The molecule has 0 spiro atoms. The van der Waals surface area contributed by atoms with Gasteiger partial charge in [-0.2, -0.15) is 5.26 Å². The number of piperidine rings is 1. The first-order chi connectivity index (χ1) is 23.3. The molecule has 1 amide bonds. The summed E-state index contributed by atoms with van der Waals surface area (Å²) in [6.45, 7) is 14.7. The van der Waals surface area contributed by atoms with Crippen LogP contribution < -0.4 is 15.8 Å². The van der Waals surface area contributed by atoms with Gasteiger partial charge in [-0.05, 0) is 65.0 Å². The van der Waals surface area contributed by atoms with Crippen molar-refractivity contribution in [1.82, 2.24) is 14.8 Å². The van der Waals surface area contributed by atoms with E-state index < -0.39 is 23.3 Å². The lowest BCUT2D eigenvalue weighted by atomic mass is 9.92. The molecule has 3 aliphatic heterocycles.